The lowest BCUT2D eigenvalue weighted by atomic mass is 10.2. The van der Waals surface area contributed by atoms with E-state index in [1.54, 1.807) is 12.1 Å². The van der Waals surface area contributed by atoms with Crippen LogP contribution in [-0.2, 0) is 0 Å². The first-order chi connectivity index (χ1) is 11.5. The lowest BCUT2D eigenvalue weighted by molar-refractivity contribution is 0.247. The van der Waals surface area contributed by atoms with Crippen LogP contribution in [0.4, 0.5) is 10.5 Å². The molecule has 0 atom stereocenters. The van der Waals surface area contributed by atoms with E-state index in [-0.39, 0.29) is 6.03 Å². The Morgan fingerprint density at radius 1 is 1.21 bits per heavy atom. The van der Waals surface area contributed by atoms with Crippen molar-refractivity contribution in [3.63, 3.8) is 0 Å². The number of carbonyl (C=O) groups is 1. The summed E-state index contributed by atoms with van der Waals surface area (Å²) in [5, 5.41) is 6.07. The molecular formula is C18H21ClN2O3. The third-order valence-corrected chi connectivity index (χ3v) is 3.78. The molecule has 128 valence electrons. The Hall–Kier alpha value is -2.40. The highest BCUT2D eigenvalue weighted by molar-refractivity contribution is 6.31. The number of amides is 2. The van der Waals surface area contributed by atoms with E-state index in [1.807, 2.05) is 38.1 Å². The van der Waals surface area contributed by atoms with Gasteiger partial charge in [-0.1, -0.05) is 23.7 Å². The first-order valence-corrected chi connectivity index (χ1v) is 7.96. The largest absolute Gasteiger partial charge is 0.495 e. The van der Waals surface area contributed by atoms with Crippen LogP contribution in [0.2, 0.25) is 5.02 Å². The second-order valence-electron chi connectivity index (χ2n) is 5.35. The summed E-state index contributed by atoms with van der Waals surface area (Å²) < 4.78 is 10.8. The molecule has 2 aromatic carbocycles. The summed E-state index contributed by atoms with van der Waals surface area (Å²) in [4.78, 5) is 12.0. The van der Waals surface area contributed by atoms with E-state index >= 15 is 0 Å². The topological polar surface area (TPSA) is 59.6 Å². The molecule has 0 aliphatic heterocycles. The number of urea groups is 1. The maximum Gasteiger partial charge on any atom is 0.319 e. The number of anilines is 1. The van der Waals surface area contributed by atoms with E-state index < -0.39 is 0 Å². The first-order valence-electron chi connectivity index (χ1n) is 7.58. The van der Waals surface area contributed by atoms with Gasteiger partial charge in [0.25, 0.3) is 0 Å². The van der Waals surface area contributed by atoms with Crippen LogP contribution in [0.25, 0.3) is 0 Å². The molecule has 0 aliphatic rings. The van der Waals surface area contributed by atoms with Gasteiger partial charge in [-0.05, 0) is 43.2 Å². The van der Waals surface area contributed by atoms with Gasteiger partial charge in [0.2, 0.25) is 0 Å². The Morgan fingerprint density at radius 2 is 2.00 bits per heavy atom. The van der Waals surface area contributed by atoms with Crippen molar-refractivity contribution in [3.8, 4) is 11.5 Å². The van der Waals surface area contributed by atoms with Crippen LogP contribution in [0.1, 0.15) is 11.1 Å². The lowest BCUT2D eigenvalue weighted by Gasteiger charge is -2.13. The molecule has 0 saturated carbocycles. The number of carbonyl (C=O) groups excluding carboxylic acids is 1. The van der Waals surface area contributed by atoms with Crippen molar-refractivity contribution >= 4 is 23.3 Å². The van der Waals surface area contributed by atoms with E-state index in [4.69, 9.17) is 21.1 Å². The zero-order valence-electron chi connectivity index (χ0n) is 14.0. The average molecular weight is 349 g/mol. The highest BCUT2D eigenvalue weighted by atomic mass is 35.5. The summed E-state index contributed by atoms with van der Waals surface area (Å²) in [5.41, 5.74) is 2.55. The second kappa shape index (κ2) is 8.45. The summed E-state index contributed by atoms with van der Waals surface area (Å²) >= 11 is 6.05. The van der Waals surface area contributed by atoms with Crippen LogP contribution >= 0.6 is 11.6 Å². The summed E-state index contributed by atoms with van der Waals surface area (Å²) in [6.45, 7) is 4.63. The van der Waals surface area contributed by atoms with E-state index in [0.717, 1.165) is 16.9 Å². The normalized spacial score (nSPS) is 10.2. The Labute approximate surface area is 146 Å². The Bertz CT molecular complexity index is 719. The maximum atomic E-state index is 12.0. The molecule has 0 aliphatic carbocycles. The van der Waals surface area contributed by atoms with Gasteiger partial charge in [-0.25, -0.2) is 4.79 Å². The van der Waals surface area contributed by atoms with Crippen LogP contribution in [-0.4, -0.2) is 26.3 Å². The van der Waals surface area contributed by atoms with Crippen LogP contribution in [0.15, 0.2) is 36.4 Å². The summed E-state index contributed by atoms with van der Waals surface area (Å²) in [5.74, 6) is 1.30. The van der Waals surface area contributed by atoms with E-state index in [1.165, 1.54) is 7.11 Å². The Kier molecular flexibility index (Phi) is 6.32. The number of hydrogen-bond acceptors (Lipinski definition) is 3. The van der Waals surface area contributed by atoms with Crippen LogP contribution in [0.5, 0.6) is 11.5 Å². The summed E-state index contributed by atoms with van der Waals surface area (Å²) in [6, 6.07) is 10.9. The molecule has 2 N–H and O–H groups in total. The Morgan fingerprint density at radius 3 is 2.71 bits per heavy atom. The molecule has 2 aromatic rings. The fourth-order valence-corrected chi connectivity index (χ4v) is 2.29. The molecule has 6 heteroatoms. The van der Waals surface area contributed by atoms with Crippen molar-refractivity contribution < 1.29 is 14.3 Å². The Balaban J connectivity index is 1.82. The van der Waals surface area contributed by atoms with E-state index in [9.17, 15) is 4.79 Å². The number of halogens is 1. The minimum absolute atomic E-state index is 0.331. The molecule has 2 amide bonds. The van der Waals surface area contributed by atoms with Crippen LogP contribution < -0.4 is 20.1 Å². The fourth-order valence-electron chi connectivity index (χ4n) is 2.13. The van der Waals surface area contributed by atoms with Crippen molar-refractivity contribution in [2.45, 2.75) is 13.8 Å². The van der Waals surface area contributed by atoms with Crippen molar-refractivity contribution in [1.82, 2.24) is 5.32 Å². The van der Waals surface area contributed by atoms with Crippen molar-refractivity contribution in [2.75, 3.05) is 25.6 Å². The molecule has 5 nitrogen and oxygen atoms in total. The standard InChI is InChI=1S/C18H21ClN2O3/c1-12-5-4-6-14(9-12)24-8-7-20-18(22)21-16-10-13(2)15(19)11-17(16)23-3/h4-6,9-11H,7-8H2,1-3H3,(H2,20,21,22). The average Bonchev–Trinajstić information content (AvgIpc) is 2.55. The van der Waals surface area contributed by atoms with E-state index in [0.29, 0.717) is 29.6 Å². The molecule has 0 unspecified atom stereocenters. The molecular weight excluding hydrogens is 328 g/mol. The van der Waals surface area contributed by atoms with Crippen molar-refractivity contribution in [1.29, 1.82) is 0 Å². The first kappa shape index (κ1) is 17.9. The number of benzene rings is 2. The van der Waals surface area contributed by atoms with Gasteiger partial charge in [0, 0.05) is 11.1 Å². The quantitative estimate of drug-likeness (QED) is 0.770. The SMILES string of the molecule is COc1cc(Cl)c(C)cc1NC(=O)NCCOc1cccc(C)c1. The third-order valence-electron chi connectivity index (χ3n) is 3.37. The monoisotopic (exact) mass is 348 g/mol. The molecule has 24 heavy (non-hydrogen) atoms. The van der Waals surface area contributed by atoms with Gasteiger partial charge in [0.1, 0.15) is 18.1 Å². The van der Waals surface area contributed by atoms with Gasteiger partial charge >= 0.3 is 6.03 Å². The predicted molar refractivity (Wildman–Crippen MR) is 96.4 cm³/mol. The fraction of sp³-hybridized carbons (Fsp3) is 0.278. The number of rotatable bonds is 6. The summed E-state index contributed by atoms with van der Waals surface area (Å²) in [6.07, 6.45) is 0. The van der Waals surface area contributed by atoms with Gasteiger partial charge in [-0.2, -0.15) is 0 Å². The molecule has 0 aromatic heterocycles. The van der Waals surface area contributed by atoms with Gasteiger partial charge in [0.15, 0.2) is 0 Å². The van der Waals surface area contributed by atoms with Gasteiger partial charge < -0.3 is 20.1 Å². The van der Waals surface area contributed by atoms with E-state index in [2.05, 4.69) is 10.6 Å². The number of hydrogen-bond donors (Lipinski definition) is 2. The number of aryl methyl sites for hydroxylation is 2. The zero-order chi connectivity index (χ0) is 17.5. The molecule has 0 fully saturated rings. The lowest BCUT2D eigenvalue weighted by Crippen LogP contribution is -2.32. The number of ether oxygens (including phenoxy) is 2. The second-order valence-corrected chi connectivity index (χ2v) is 5.75. The molecule has 0 heterocycles. The predicted octanol–water partition coefficient (Wildman–Crippen LogP) is 4.17. The highest BCUT2D eigenvalue weighted by Gasteiger charge is 2.10. The minimum atomic E-state index is -0.331. The number of nitrogens with one attached hydrogen (secondary N) is 2. The molecule has 0 saturated heterocycles. The molecule has 0 bridgehead atoms. The van der Waals surface area contributed by atoms with Gasteiger partial charge in [-0.3, -0.25) is 0 Å². The van der Waals surface area contributed by atoms with Gasteiger partial charge in [0.05, 0.1) is 19.3 Å². The number of methoxy groups -OCH3 is 1. The smallest absolute Gasteiger partial charge is 0.319 e. The summed E-state index contributed by atoms with van der Waals surface area (Å²) in [7, 11) is 1.53. The highest BCUT2D eigenvalue weighted by Crippen LogP contribution is 2.30. The van der Waals surface area contributed by atoms with Crippen LogP contribution in [0, 0.1) is 13.8 Å². The molecule has 0 radical (unpaired) electrons. The molecule has 2 rings (SSSR count). The third kappa shape index (κ3) is 5.06. The van der Waals surface area contributed by atoms with Crippen molar-refractivity contribution in [3.05, 3.63) is 52.5 Å². The van der Waals surface area contributed by atoms with Gasteiger partial charge in [-0.15, -0.1) is 0 Å². The van der Waals surface area contributed by atoms with Crippen LogP contribution in [0.3, 0.4) is 0 Å². The minimum Gasteiger partial charge on any atom is -0.495 e. The zero-order valence-corrected chi connectivity index (χ0v) is 14.7. The van der Waals surface area contributed by atoms with Crippen molar-refractivity contribution in [2.24, 2.45) is 0 Å². The maximum absolute atomic E-state index is 12.0. The molecule has 0 spiro atoms.